The molecule has 0 aliphatic carbocycles. The van der Waals surface area contributed by atoms with E-state index in [0.717, 1.165) is 42.7 Å². The van der Waals surface area contributed by atoms with Gasteiger partial charge in [-0.05, 0) is 54.7 Å². The monoisotopic (exact) mass is 459 g/mol. The van der Waals surface area contributed by atoms with Crippen LogP contribution >= 0.6 is 11.6 Å². The summed E-state index contributed by atoms with van der Waals surface area (Å²) in [6.45, 7) is 0.661. The van der Waals surface area contributed by atoms with E-state index < -0.39 is 16.8 Å². The van der Waals surface area contributed by atoms with Crippen LogP contribution in [0.4, 0.5) is 0 Å². The van der Waals surface area contributed by atoms with Crippen LogP contribution in [-0.4, -0.2) is 34.6 Å². The summed E-state index contributed by atoms with van der Waals surface area (Å²) < 4.78 is 17.2. The molecule has 0 radical (unpaired) electrons. The average Bonchev–Trinajstić information content (AvgIpc) is 2.78. The fourth-order valence-corrected chi connectivity index (χ4v) is 4.69. The number of methoxy groups -OCH3 is 1. The highest BCUT2D eigenvalue weighted by Gasteiger charge is 2.31. The van der Waals surface area contributed by atoms with Crippen molar-refractivity contribution in [3.8, 4) is 0 Å². The average molecular weight is 460 g/mol. The number of hydrogen-bond donors (Lipinski definition) is 0. The topological polar surface area (TPSA) is 63.7 Å². The van der Waals surface area contributed by atoms with Gasteiger partial charge in [-0.1, -0.05) is 48.7 Å². The molecule has 0 bridgehead atoms. The Morgan fingerprint density at radius 1 is 0.968 bits per heavy atom. The maximum absolute atomic E-state index is 12.5. The Morgan fingerprint density at radius 2 is 1.61 bits per heavy atom. The van der Waals surface area contributed by atoms with Gasteiger partial charge in [0, 0.05) is 17.8 Å². The van der Waals surface area contributed by atoms with E-state index in [1.54, 1.807) is 35.4 Å². The van der Waals surface area contributed by atoms with Crippen molar-refractivity contribution in [3.63, 3.8) is 0 Å². The Balaban J connectivity index is 1.35. The van der Waals surface area contributed by atoms with Gasteiger partial charge in [0.15, 0.2) is 0 Å². The molecule has 0 spiro atoms. The maximum Gasteiger partial charge on any atom is 0.337 e. The lowest BCUT2D eigenvalue weighted by atomic mass is 10.1. The Bertz CT molecular complexity index is 970. The first-order valence-corrected chi connectivity index (χ1v) is 12.0. The largest absolute Gasteiger partial charge is 0.465 e. The summed E-state index contributed by atoms with van der Waals surface area (Å²) in [6.07, 6.45) is 6.93. The molecule has 0 saturated carbocycles. The first-order valence-electron chi connectivity index (χ1n) is 10.3. The molecular formula is C24H26ClNO4S. The quantitative estimate of drug-likeness (QED) is 0.355. The molecule has 0 saturated heterocycles. The number of ether oxygens (including phenoxy) is 1. The van der Waals surface area contributed by atoms with Gasteiger partial charge < -0.3 is 9.64 Å². The Hall–Kier alpha value is -2.44. The predicted molar refractivity (Wildman–Crippen MR) is 123 cm³/mol. The van der Waals surface area contributed by atoms with Crippen LogP contribution in [0.1, 0.15) is 47.2 Å². The molecule has 7 heteroatoms. The molecule has 31 heavy (non-hydrogen) atoms. The Labute approximate surface area is 190 Å². The van der Waals surface area contributed by atoms with Crippen LogP contribution in [0.5, 0.6) is 0 Å². The summed E-state index contributed by atoms with van der Waals surface area (Å²) >= 11 is 5.89. The summed E-state index contributed by atoms with van der Waals surface area (Å²) in [4.78, 5) is 25.8. The second-order valence-electron chi connectivity index (χ2n) is 7.46. The number of halogens is 1. The Morgan fingerprint density at radius 3 is 2.26 bits per heavy atom. The van der Waals surface area contributed by atoms with Crippen molar-refractivity contribution < 1.29 is 18.5 Å². The minimum atomic E-state index is -1.39. The molecule has 1 amide bonds. The highest BCUT2D eigenvalue weighted by Crippen LogP contribution is 2.23. The maximum atomic E-state index is 12.5. The molecule has 2 aromatic rings. The number of unbranched alkanes of at least 4 members (excludes halogenated alkanes) is 3. The summed E-state index contributed by atoms with van der Waals surface area (Å²) in [7, 11) is -0.0613. The van der Waals surface area contributed by atoms with Crippen LogP contribution in [0.25, 0.3) is 0 Å². The Kier molecular flexibility index (Phi) is 8.43. The number of aryl methyl sites for hydroxylation is 1. The molecule has 0 fully saturated rings. The van der Waals surface area contributed by atoms with Gasteiger partial charge in [0.2, 0.25) is 0 Å². The van der Waals surface area contributed by atoms with Gasteiger partial charge in [-0.15, -0.1) is 0 Å². The molecule has 3 rings (SSSR count). The zero-order valence-corrected chi connectivity index (χ0v) is 19.1. The summed E-state index contributed by atoms with van der Waals surface area (Å²) in [5, 5.41) is 0.757. The molecule has 0 N–H and O–H groups in total. The number of hydrogen-bond acceptors (Lipinski definition) is 4. The minimum Gasteiger partial charge on any atom is -0.465 e. The van der Waals surface area contributed by atoms with E-state index in [0.29, 0.717) is 17.0 Å². The zero-order valence-electron chi connectivity index (χ0n) is 17.5. The van der Waals surface area contributed by atoms with Crippen LogP contribution in [0.3, 0.4) is 0 Å². The van der Waals surface area contributed by atoms with Crippen LogP contribution in [0.15, 0.2) is 59.6 Å². The number of amides is 1. The van der Waals surface area contributed by atoms with Crippen LogP contribution in [0, 0.1) is 0 Å². The SMILES string of the molecule is COC(=O)c1ccc(CS(=O)C2=CN(CCCCCCc3ccc(Cl)cc3)C2=O)cc1. The molecule has 1 heterocycles. The van der Waals surface area contributed by atoms with Gasteiger partial charge in [-0.2, -0.15) is 0 Å². The fourth-order valence-electron chi connectivity index (χ4n) is 3.35. The van der Waals surface area contributed by atoms with Crippen molar-refractivity contribution in [2.75, 3.05) is 13.7 Å². The number of nitrogens with zero attached hydrogens (tertiary/aromatic N) is 1. The van der Waals surface area contributed by atoms with Crippen molar-refractivity contribution >= 4 is 34.3 Å². The van der Waals surface area contributed by atoms with E-state index in [1.165, 1.54) is 12.7 Å². The highest BCUT2D eigenvalue weighted by molar-refractivity contribution is 7.89. The van der Waals surface area contributed by atoms with Crippen molar-refractivity contribution in [1.82, 2.24) is 4.90 Å². The lowest BCUT2D eigenvalue weighted by Gasteiger charge is -2.28. The number of rotatable bonds is 11. The van der Waals surface area contributed by atoms with Gasteiger partial charge in [-0.25, -0.2) is 4.79 Å². The molecule has 1 aliphatic rings. The lowest BCUT2D eigenvalue weighted by Crippen LogP contribution is -2.38. The number of carbonyl (C=O) groups excluding carboxylic acids is 2. The number of carbonyl (C=O) groups is 2. The zero-order chi connectivity index (χ0) is 22.2. The minimum absolute atomic E-state index is 0.148. The summed E-state index contributed by atoms with van der Waals surface area (Å²) in [5.41, 5.74) is 2.53. The first-order chi connectivity index (χ1) is 15.0. The van der Waals surface area contributed by atoms with Crippen LogP contribution < -0.4 is 0 Å². The van der Waals surface area contributed by atoms with E-state index in [2.05, 4.69) is 16.9 Å². The third-order valence-corrected chi connectivity index (χ3v) is 6.81. The summed E-state index contributed by atoms with van der Waals surface area (Å²) in [5.74, 6) is -0.312. The third-order valence-electron chi connectivity index (χ3n) is 5.19. The van der Waals surface area contributed by atoms with E-state index in [1.807, 2.05) is 12.1 Å². The highest BCUT2D eigenvalue weighted by atomic mass is 35.5. The first kappa shape index (κ1) is 23.2. The van der Waals surface area contributed by atoms with Gasteiger partial charge >= 0.3 is 5.97 Å². The van der Waals surface area contributed by atoms with E-state index in [4.69, 9.17) is 11.6 Å². The van der Waals surface area contributed by atoms with Crippen molar-refractivity contribution in [1.29, 1.82) is 0 Å². The van der Waals surface area contributed by atoms with Crippen molar-refractivity contribution in [2.45, 2.75) is 37.9 Å². The molecule has 164 valence electrons. The van der Waals surface area contributed by atoms with E-state index in [9.17, 15) is 13.8 Å². The second kappa shape index (κ2) is 11.3. The van der Waals surface area contributed by atoms with Crippen LogP contribution in [-0.2, 0) is 32.5 Å². The predicted octanol–water partition coefficient (Wildman–Crippen LogP) is 4.86. The molecule has 2 aromatic carbocycles. The molecule has 1 atom stereocenters. The third kappa shape index (κ3) is 6.52. The van der Waals surface area contributed by atoms with Gasteiger partial charge in [0.25, 0.3) is 5.91 Å². The molecule has 1 unspecified atom stereocenters. The van der Waals surface area contributed by atoms with Crippen LogP contribution in [0.2, 0.25) is 5.02 Å². The lowest BCUT2D eigenvalue weighted by molar-refractivity contribution is -0.126. The standard InChI is InChI=1S/C24H26ClNO4S/c1-30-24(28)20-11-7-19(8-12-20)17-31(29)22-16-26(23(22)27)15-5-3-2-4-6-18-9-13-21(25)14-10-18/h7-14,16H,2-6,15,17H2,1H3. The van der Waals surface area contributed by atoms with Gasteiger partial charge in [0.05, 0.1) is 29.2 Å². The second-order valence-corrected chi connectivity index (χ2v) is 9.32. The molecule has 5 nitrogen and oxygen atoms in total. The summed E-state index contributed by atoms with van der Waals surface area (Å²) in [6, 6.07) is 14.7. The fraction of sp³-hybridized carbons (Fsp3) is 0.333. The van der Waals surface area contributed by atoms with E-state index in [-0.39, 0.29) is 11.7 Å². The molecule has 0 aromatic heterocycles. The molecule has 1 aliphatic heterocycles. The smallest absolute Gasteiger partial charge is 0.337 e. The number of esters is 1. The molecular weight excluding hydrogens is 434 g/mol. The van der Waals surface area contributed by atoms with E-state index >= 15 is 0 Å². The van der Waals surface area contributed by atoms with Gasteiger partial charge in [-0.3, -0.25) is 9.00 Å². The van der Waals surface area contributed by atoms with Gasteiger partial charge in [0.1, 0.15) is 4.91 Å². The van der Waals surface area contributed by atoms with Crippen molar-refractivity contribution in [2.24, 2.45) is 0 Å². The van der Waals surface area contributed by atoms with Crippen molar-refractivity contribution in [3.05, 3.63) is 81.3 Å². The number of benzene rings is 2. The normalized spacial score (nSPS) is 14.1.